The summed E-state index contributed by atoms with van der Waals surface area (Å²) >= 11 is 0. The minimum absolute atomic E-state index is 0. The van der Waals surface area contributed by atoms with Gasteiger partial charge in [0.1, 0.15) is 34.5 Å². The Morgan fingerprint density at radius 1 is 1.17 bits per heavy atom. The zero-order valence-electron chi connectivity index (χ0n) is 27.8. The molecule has 0 amide bonds. The van der Waals surface area contributed by atoms with Crippen LogP contribution in [0.3, 0.4) is 0 Å². The van der Waals surface area contributed by atoms with E-state index in [-0.39, 0.29) is 53.8 Å². The highest BCUT2D eigenvalue weighted by Crippen LogP contribution is 2.69. The summed E-state index contributed by atoms with van der Waals surface area (Å²) in [5, 5.41) is 12.2. The van der Waals surface area contributed by atoms with E-state index in [1.54, 1.807) is 25.2 Å². The van der Waals surface area contributed by atoms with Crippen LogP contribution in [-0.4, -0.2) is 51.7 Å². The van der Waals surface area contributed by atoms with Crippen molar-refractivity contribution < 1.29 is 38.4 Å². The van der Waals surface area contributed by atoms with Crippen LogP contribution in [0.5, 0.6) is 17.2 Å². The second-order valence-corrected chi connectivity index (χ2v) is 15.4. The van der Waals surface area contributed by atoms with E-state index in [0.29, 0.717) is 48.2 Å². The number of aromatic hydroxyl groups is 1. The number of allylic oxidation sites excluding steroid dienone is 4. The van der Waals surface area contributed by atoms with Crippen molar-refractivity contribution in [3.63, 3.8) is 0 Å². The van der Waals surface area contributed by atoms with Gasteiger partial charge in [-0.3, -0.25) is 14.4 Å². The molecule has 1 spiro atoms. The lowest BCUT2D eigenvalue weighted by Crippen LogP contribution is -2.71. The Kier molecular flexibility index (Phi) is 7.56. The summed E-state index contributed by atoms with van der Waals surface area (Å²) in [4.78, 5) is 40.4. The molecule has 252 valence electrons. The number of fused-ring (bicyclic) bond motifs is 5. The number of phenolic OH excluding ortho intramolecular Hbond substituents is 1. The summed E-state index contributed by atoms with van der Waals surface area (Å²) in [5.41, 5.74) is -0.480. The Labute approximate surface area is 277 Å². The quantitative estimate of drug-likeness (QED) is 0.244. The van der Waals surface area contributed by atoms with Crippen molar-refractivity contribution in [3.05, 3.63) is 64.3 Å². The lowest BCUT2D eigenvalue weighted by molar-refractivity contribution is -0.160. The molecule has 1 aromatic rings. The molecule has 8 nitrogen and oxygen atoms in total. The van der Waals surface area contributed by atoms with E-state index in [4.69, 9.17) is 18.9 Å². The van der Waals surface area contributed by atoms with Gasteiger partial charge in [-0.25, -0.2) is 0 Å². The minimum atomic E-state index is -1.64. The topological polar surface area (TPSA) is 108 Å². The summed E-state index contributed by atoms with van der Waals surface area (Å²) in [7, 11) is 0. The van der Waals surface area contributed by atoms with Gasteiger partial charge in [0.25, 0.3) is 6.47 Å². The maximum Gasteiger partial charge on any atom is 0.293 e. The molecule has 4 unspecified atom stereocenters. The van der Waals surface area contributed by atoms with Crippen molar-refractivity contribution in [2.75, 3.05) is 0 Å². The van der Waals surface area contributed by atoms with E-state index in [1.165, 1.54) is 0 Å². The fourth-order valence-corrected chi connectivity index (χ4v) is 9.52. The van der Waals surface area contributed by atoms with Gasteiger partial charge in [-0.1, -0.05) is 37.3 Å². The molecule has 0 radical (unpaired) electrons. The van der Waals surface area contributed by atoms with Crippen LogP contribution >= 0.6 is 0 Å². The van der Waals surface area contributed by atoms with Crippen molar-refractivity contribution in [2.24, 2.45) is 17.8 Å². The van der Waals surface area contributed by atoms with Crippen molar-refractivity contribution >= 4 is 18.0 Å². The molecule has 2 saturated carbocycles. The molecule has 47 heavy (non-hydrogen) atoms. The second-order valence-electron chi connectivity index (χ2n) is 15.4. The normalized spacial score (nSPS) is 35.7. The molecule has 1 aromatic carbocycles. The summed E-state index contributed by atoms with van der Waals surface area (Å²) in [6.45, 7) is 18.4. The van der Waals surface area contributed by atoms with Gasteiger partial charge in [0.2, 0.25) is 0 Å². The lowest BCUT2D eigenvalue weighted by atomic mass is 9.51. The molecule has 3 heterocycles. The number of benzene rings is 1. The zero-order chi connectivity index (χ0) is 33.1. The summed E-state index contributed by atoms with van der Waals surface area (Å²) in [5.74, 6) is -0.685. The third-order valence-corrected chi connectivity index (χ3v) is 11.6. The van der Waals surface area contributed by atoms with Gasteiger partial charge in [-0.15, -0.1) is 0 Å². The van der Waals surface area contributed by atoms with Gasteiger partial charge in [-0.2, -0.15) is 0 Å². The number of phenols is 1. The third kappa shape index (κ3) is 4.32. The predicted molar refractivity (Wildman–Crippen MR) is 178 cm³/mol. The average Bonchev–Trinajstić information content (AvgIpc) is 3.12. The van der Waals surface area contributed by atoms with Crippen LogP contribution in [0, 0.1) is 17.8 Å². The maximum atomic E-state index is 15.0. The van der Waals surface area contributed by atoms with Crippen LogP contribution in [-0.2, 0) is 25.5 Å². The number of carbonyl (C=O) groups is 3. The van der Waals surface area contributed by atoms with Crippen LogP contribution in [0.25, 0.3) is 0 Å². The van der Waals surface area contributed by atoms with Crippen molar-refractivity contribution in [1.29, 1.82) is 0 Å². The van der Waals surface area contributed by atoms with Crippen molar-refractivity contribution in [3.8, 4) is 17.2 Å². The smallest absolute Gasteiger partial charge is 0.293 e. The van der Waals surface area contributed by atoms with Gasteiger partial charge in [0, 0.05) is 34.5 Å². The zero-order valence-corrected chi connectivity index (χ0v) is 27.8. The summed E-state index contributed by atoms with van der Waals surface area (Å²) < 4.78 is 25.9. The first-order valence-electron chi connectivity index (χ1n) is 16.5. The van der Waals surface area contributed by atoms with E-state index >= 15 is 0 Å². The van der Waals surface area contributed by atoms with E-state index < -0.39 is 34.4 Å². The van der Waals surface area contributed by atoms with Crippen LogP contribution in [0.2, 0.25) is 0 Å². The van der Waals surface area contributed by atoms with Gasteiger partial charge in [0.15, 0.2) is 22.8 Å². The minimum Gasteiger partial charge on any atom is -0.507 e. The monoisotopic (exact) mass is 644 g/mol. The van der Waals surface area contributed by atoms with Gasteiger partial charge < -0.3 is 24.1 Å². The molecule has 4 aliphatic carbocycles. The highest BCUT2D eigenvalue weighted by Gasteiger charge is 2.81. The number of hydrogen-bond donors (Lipinski definition) is 1. The first-order valence-corrected chi connectivity index (χ1v) is 16.5. The SMILES string of the molecule is C.C=C(C)C1CC[C@]2(C)C[C@H]1c1c(O)c3c(c(CC=C(C)C)c1O2)O[C@]12C(=CC4CC1C(C)(C)O[C@]2(/C=C/C(C)OC=O)C4=O)C3=O. The Morgan fingerprint density at radius 2 is 1.89 bits per heavy atom. The third-order valence-electron chi connectivity index (χ3n) is 11.6. The first kappa shape index (κ1) is 33.3. The highest BCUT2D eigenvalue weighted by molar-refractivity contribution is 6.19. The van der Waals surface area contributed by atoms with Gasteiger partial charge in [0.05, 0.1) is 5.60 Å². The van der Waals surface area contributed by atoms with E-state index in [9.17, 15) is 19.5 Å². The molecule has 6 bridgehead atoms. The van der Waals surface area contributed by atoms with Crippen LogP contribution in [0.4, 0.5) is 0 Å². The van der Waals surface area contributed by atoms with E-state index in [1.807, 2.05) is 34.6 Å². The fraction of sp³-hybridized carbons (Fsp3) is 0.564. The molecular formula is C39H48O8. The molecule has 3 aliphatic heterocycles. The van der Waals surface area contributed by atoms with Gasteiger partial charge >= 0.3 is 0 Å². The number of ketones is 2. The Morgan fingerprint density at radius 3 is 2.55 bits per heavy atom. The molecule has 3 fully saturated rings. The second kappa shape index (κ2) is 10.7. The van der Waals surface area contributed by atoms with Crippen LogP contribution < -0.4 is 9.47 Å². The summed E-state index contributed by atoms with van der Waals surface area (Å²) in [6, 6.07) is 0. The van der Waals surface area contributed by atoms with Gasteiger partial charge in [-0.05, 0) is 98.6 Å². The van der Waals surface area contributed by atoms with Crippen molar-refractivity contribution in [1.82, 2.24) is 0 Å². The predicted octanol–water partition coefficient (Wildman–Crippen LogP) is 7.27. The van der Waals surface area contributed by atoms with Crippen molar-refractivity contribution in [2.45, 2.75) is 122 Å². The standard InChI is InChI=1S/C38H44O8.CH4/c1-19(2)9-10-24-32-28(25-17-36(8,44-32)13-12-23(25)20(3)4)31(41)29-30(40)26-15-22-16-27-35(6,7)46-37(34(22)42,14-11-21(5)43-18-39)38(26,27)45-33(24)29;/h9,11,14-15,18,21-23,25,27,41H,3,10,12-13,16-17H2,1-2,4-8H3;1H4/b14-11+;/t21?,22?,23?,25-,27?,36-,37-,38-;/m1./s1. The number of hydrogen-bond acceptors (Lipinski definition) is 8. The fourth-order valence-electron chi connectivity index (χ4n) is 9.52. The lowest BCUT2D eigenvalue weighted by Gasteiger charge is -2.56. The van der Waals surface area contributed by atoms with E-state index in [2.05, 4.69) is 19.6 Å². The molecule has 7 aliphatic rings. The Hall–Kier alpha value is -3.65. The molecule has 0 aromatic heterocycles. The molecular weight excluding hydrogens is 596 g/mol. The first-order chi connectivity index (χ1) is 21.6. The molecule has 1 saturated heterocycles. The molecule has 8 rings (SSSR count). The Bertz CT molecular complexity index is 1690. The molecule has 1 N–H and O–H groups in total. The molecule has 8 heteroatoms. The van der Waals surface area contributed by atoms with Crippen LogP contribution in [0.15, 0.2) is 47.6 Å². The number of ether oxygens (including phenoxy) is 4. The average molecular weight is 645 g/mol. The summed E-state index contributed by atoms with van der Waals surface area (Å²) in [6.07, 6.45) is 9.74. The Balaban J connectivity index is 0.00000386. The van der Waals surface area contributed by atoms with E-state index in [0.717, 1.165) is 24.0 Å². The molecule has 8 atom stereocenters. The number of rotatable bonds is 7. The van der Waals surface area contributed by atoms with Crippen LogP contribution in [0.1, 0.15) is 109 Å². The highest BCUT2D eigenvalue weighted by atomic mass is 16.6. The number of Topliss-reactive ketones (excluding diaryl/α,β-unsaturated/α-hetero) is 2. The largest absolute Gasteiger partial charge is 0.507 e. The maximum absolute atomic E-state index is 15.0. The number of carbonyl (C=O) groups excluding carboxylic acids is 3.